The first-order chi connectivity index (χ1) is 10.6. The molecule has 2 aromatic rings. The molecule has 1 heterocycles. The summed E-state index contributed by atoms with van der Waals surface area (Å²) < 4.78 is 0. The van der Waals surface area contributed by atoms with Crippen molar-refractivity contribution in [3.8, 4) is 0 Å². The zero-order valence-corrected chi connectivity index (χ0v) is 13.2. The minimum Gasteiger partial charge on any atom is -0.340 e. The van der Waals surface area contributed by atoms with E-state index >= 15 is 0 Å². The van der Waals surface area contributed by atoms with E-state index in [2.05, 4.69) is 15.6 Å². The van der Waals surface area contributed by atoms with Crippen LogP contribution in [-0.4, -0.2) is 10.9 Å². The average molecular weight is 316 g/mol. The Hall–Kier alpha value is -2.07. The molecule has 0 unspecified atom stereocenters. The fourth-order valence-corrected chi connectivity index (χ4v) is 2.50. The predicted molar refractivity (Wildman–Crippen MR) is 89.7 cm³/mol. The number of amides is 1. The Morgan fingerprint density at radius 3 is 2.73 bits per heavy atom. The topological polar surface area (TPSA) is 54.0 Å². The van der Waals surface area contributed by atoms with Gasteiger partial charge in [-0.1, -0.05) is 24.1 Å². The molecule has 4 nitrogen and oxygen atoms in total. The summed E-state index contributed by atoms with van der Waals surface area (Å²) in [5.41, 5.74) is 2.74. The molecular weight excluding hydrogens is 298 g/mol. The van der Waals surface area contributed by atoms with Crippen molar-refractivity contribution in [3.05, 3.63) is 47.1 Å². The number of nitrogens with zero attached hydrogens (tertiary/aromatic N) is 1. The molecule has 22 heavy (non-hydrogen) atoms. The van der Waals surface area contributed by atoms with Crippen LogP contribution in [0.5, 0.6) is 0 Å². The maximum atomic E-state index is 11.9. The molecule has 1 aromatic heterocycles. The van der Waals surface area contributed by atoms with Crippen LogP contribution < -0.4 is 10.6 Å². The van der Waals surface area contributed by atoms with E-state index in [1.807, 2.05) is 37.3 Å². The van der Waals surface area contributed by atoms with Gasteiger partial charge in [-0.3, -0.25) is 4.79 Å². The largest absolute Gasteiger partial charge is 0.340 e. The maximum Gasteiger partial charge on any atom is 0.227 e. The number of nitrogens with one attached hydrogen (secondary N) is 2. The number of aryl methyl sites for hydroxylation is 1. The Labute approximate surface area is 134 Å². The zero-order chi connectivity index (χ0) is 15.5. The van der Waals surface area contributed by atoms with Crippen molar-refractivity contribution < 1.29 is 4.79 Å². The summed E-state index contributed by atoms with van der Waals surface area (Å²) >= 11 is 6.01. The van der Waals surface area contributed by atoms with Crippen LogP contribution >= 0.6 is 11.6 Å². The van der Waals surface area contributed by atoms with Gasteiger partial charge in [0, 0.05) is 16.6 Å². The van der Waals surface area contributed by atoms with Gasteiger partial charge < -0.3 is 10.6 Å². The predicted octanol–water partition coefficient (Wildman–Crippen LogP) is 4.53. The summed E-state index contributed by atoms with van der Waals surface area (Å²) in [4.78, 5) is 16.2. The fourth-order valence-electron chi connectivity index (χ4n) is 2.32. The molecule has 114 valence electrons. The van der Waals surface area contributed by atoms with Gasteiger partial charge in [0.05, 0.1) is 11.9 Å². The summed E-state index contributed by atoms with van der Waals surface area (Å²) in [6, 6.07) is 9.37. The van der Waals surface area contributed by atoms with E-state index in [1.54, 1.807) is 6.20 Å². The lowest BCUT2D eigenvalue weighted by molar-refractivity contribution is -0.122. The smallest absolute Gasteiger partial charge is 0.227 e. The van der Waals surface area contributed by atoms with Crippen molar-refractivity contribution in [1.82, 2.24) is 4.98 Å². The second-order valence-corrected chi connectivity index (χ2v) is 6.07. The van der Waals surface area contributed by atoms with Gasteiger partial charge in [0.2, 0.25) is 5.91 Å². The van der Waals surface area contributed by atoms with Crippen LogP contribution in [0.15, 0.2) is 36.5 Å². The number of benzene rings is 1. The highest BCUT2D eigenvalue weighted by Crippen LogP contribution is 2.28. The highest BCUT2D eigenvalue weighted by molar-refractivity contribution is 6.30. The van der Waals surface area contributed by atoms with Gasteiger partial charge in [-0.25, -0.2) is 4.98 Å². The molecule has 1 fully saturated rings. The number of anilines is 3. The second kappa shape index (κ2) is 6.36. The molecule has 1 saturated carbocycles. The lowest BCUT2D eigenvalue weighted by Gasteiger charge is -2.23. The molecule has 0 aliphatic heterocycles. The quantitative estimate of drug-likeness (QED) is 0.871. The molecule has 0 radical (unpaired) electrons. The van der Waals surface area contributed by atoms with Crippen LogP contribution in [0.4, 0.5) is 17.2 Å². The van der Waals surface area contributed by atoms with Crippen molar-refractivity contribution in [3.63, 3.8) is 0 Å². The summed E-state index contributed by atoms with van der Waals surface area (Å²) in [6.07, 6.45) is 4.80. The lowest BCUT2D eigenvalue weighted by atomic mass is 9.85. The van der Waals surface area contributed by atoms with Crippen molar-refractivity contribution in [1.29, 1.82) is 0 Å². The molecule has 5 heteroatoms. The van der Waals surface area contributed by atoms with Crippen LogP contribution in [-0.2, 0) is 4.79 Å². The Balaban J connectivity index is 1.66. The van der Waals surface area contributed by atoms with Gasteiger partial charge in [-0.2, -0.15) is 0 Å². The number of halogens is 1. The SMILES string of the molecule is Cc1ccc(Cl)cc1Nc1ccc(NC(=O)C2CCC2)cn1. The van der Waals surface area contributed by atoms with Gasteiger partial charge in [-0.05, 0) is 49.6 Å². The van der Waals surface area contributed by atoms with Crippen molar-refractivity contribution in [2.24, 2.45) is 5.92 Å². The molecule has 1 aromatic carbocycles. The first kappa shape index (κ1) is 14.9. The van der Waals surface area contributed by atoms with Gasteiger partial charge in [0.25, 0.3) is 0 Å². The van der Waals surface area contributed by atoms with Crippen molar-refractivity contribution >= 4 is 34.7 Å². The molecule has 3 rings (SSSR count). The third-order valence-electron chi connectivity index (χ3n) is 3.97. The van der Waals surface area contributed by atoms with Gasteiger partial charge >= 0.3 is 0 Å². The number of hydrogen-bond donors (Lipinski definition) is 2. The number of carbonyl (C=O) groups excluding carboxylic acids is 1. The van der Waals surface area contributed by atoms with Crippen molar-refractivity contribution in [2.45, 2.75) is 26.2 Å². The fraction of sp³-hybridized carbons (Fsp3) is 0.294. The summed E-state index contributed by atoms with van der Waals surface area (Å²) in [5, 5.41) is 6.81. The monoisotopic (exact) mass is 315 g/mol. The molecule has 1 aliphatic rings. The first-order valence-electron chi connectivity index (χ1n) is 7.42. The minimum absolute atomic E-state index is 0.0967. The number of pyridine rings is 1. The van der Waals surface area contributed by atoms with E-state index in [1.165, 1.54) is 0 Å². The Kier molecular flexibility index (Phi) is 4.29. The van der Waals surface area contributed by atoms with Crippen LogP contribution in [0.1, 0.15) is 24.8 Å². The molecule has 1 amide bonds. The number of rotatable bonds is 4. The number of carbonyl (C=O) groups is 1. The Bertz CT molecular complexity index is 681. The summed E-state index contributed by atoms with van der Waals surface area (Å²) in [6.45, 7) is 2.01. The van der Waals surface area contributed by atoms with E-state index in [0.717, 1.165) is 36.2 Å². The van der Waals surface area contributed by atoms with Crippen LogP contribution in [0.2, 0.25) is 5.02 Å². The summed E-state index contributed by atoms with van der Waals surface area (Å²) in [5.74, 6) is 0.985. The minimum atomic E-state index is 0.0967. The Morgan fingerprint density at radius 2 is 2.09 bits per heavy atom. The van der Waals surface area contributed by atoms with Gasteiger partial charge in [-0.15, -0.1) is 0 Å². The normalized spacial score (nSPS) is 14.3. The summed E-state index contributed by atoms with van der Waals surface area (Å²) in [7, 11) is 0. The molecule has 0 spiro atoms. The average Bonchev–Trinajstić information content (AvgIpc) is 2.43. The van der Waals surface area contributed by atoms with Crippen LogP contribution in [0.3, 0.4) is 0 Å². The van der Waals surface area contributed by atoms with Crippen LogP contribution in [0, 0.1) is 12.8 Å². The van der Waals surface area contributed by atoms with Gasteiger partial charge in [0.1, 0.15) is 5.82 Å². The van der Waals surface area contributed by atoms with Crippen LogP contribution in [0.25, 0.3) is 0 Å². The first-order valence-corrected chi connectivity index (χ1v) is 7.80. The van der Waals surface area contributed by atoms with E-state index in [4.69, 9.17) is 11.6 Å². The molecule has 0 bridgehead atoms. The van der Waals surface area contributed by atoms with E-state index < -0.39 is 0 Å². The molecule has 0 saturated heterocycles. The Morgan fingerprint density at radius 1 is 1.27 bits per heavy atom. The van der Waals surface area contributed by atoms with E-state index in [-0.39, 0.29) is 11.8 Å². The highest BCUT2D eigenvalue weighted by Gasteiger charge is 2.25. The zero-order valence-electron chi connectivity index (χ0n) is 12.4. The number of aromatic nitrogens is 1. The van der Waals surface area contributed by atoms with Crippen molar-refractivity contribution in [2.75, 3.05) is 10.6 Å². The highest BCUT2D eigenvalue weighted by atomic mass is 35.5. The molecule has 0 atom stereocenters. The van der Waals surface area contributed by atoms with E-state index in [0.29, 0.717) is 10.8 Å². The van der Waals surface area contributed by atoms with Gasteiger partial charge in [0.15, 0.2) is 0 Å². The standard InChI is InChI=1S/C17H18ClN3O/c1-11-5-6-13(18)9-15(11)21-16-8-7-14(10-19-16)20-17(22)12-3-2-4-12/h5-10,12H,2-4H2,1H3,(H,19,21)(H,20,22). The molecular formula is C17H18ClN3O. The molecule has 2 N–H and O–H groups in total. The second-order valence-electron chi connectivity index (χ2n) is 5.63. The third-order valence-corrected chi connectivity index (χ3v) is 4.20. The lowest BCUT2D eigenvalue weighted by Crippen LogP contribution is -2.28. The number of hydrogen-bond acceptors (Lipinski definition) is 3. The molecule has 1 aliphatic carbocycles. The maximum absolute atomic E-state index is 11.9. The van der Waals surface area contributed by atoms with E-state index in [9.17, 15) is 4.79 Å². The third kappa shape index (κ3) is 3.39.